The van der Waals surface area contributed by atoms with E-state index in [1.807, 2.05) is 24.1 Å². The van der Waals surface area contributed by atoms with Crippen LogP contribution in [0.4, 0.5) is 5.69 Å². The lowest BCUT2D eigenvalue weighted by Gasteiger charge is -2.26. The molecule has 1 saturated carbocycles. The largest absolute Gasteiger partial charge is 0.382 e. The van der Waals surface area contributed by atoms with E-state index in [0.29, 0.717) is 0 Å². The minimum atomic E-state index is 0.862. The molecule has 1 fully saturated rings. The van der Waals surface area contributed by atoms with Crippen molar-refractivity contribution < 1.29 is 0 Å². The van der Waals surface area contributed by atoms with E-state index in [1.54, 1.807) is 0 Å². The molecule has 1 aliphatic rings. The van der Waals surface area contributed by atoms with Gasteiger partial charge in [-0.15, -0.1) is 0 Å². The first-order valence-electron chi connectivity index (χ1n) is 5.96. The van der Waals surface area contributed by atoms with Gasteiger partial charge in [-0.1, -0.05) is 19.8 Å². The molecule has 0 aromatic carbocycles. The lowest BCUT2D eigenvalue weighted by atomic mass is 9.83. The Balaban J connectivity index is 1.74. The number of aryl methyl sites for hydroxylation is 1. The van der Waals surface area contributed by atoms with Gasteiger partial charge in [-0.2, -0.15) is 5.10 Å². The quantitative estimate of drug-likeness (QED) is 0.825. The van der Waals surface area contributed by atoms with Gasteiger partial charge in [-0.3, -0.25) is 4.68 Å². The molecule has 0 aliphatic heterocycles. The van der Waals surface area contributed by atoms with Gasteiger partial charge in [-0.05, 0) is 24.7 Å². The fourth-order valence-corrected chi connectivity index (χ4v) is 2.31. The molecule has 0 radical (unpaired) electrons. The van der Waals surface area contributed by atoms with Crippen molar-refractivity contribution in [3.8, 4) is 0 Å². The molecule has 2 rings (SSSR count). The first-order chi connectivity index (χ1) is 7.24. The van der Waals surface area contributed by atoms with Gasteiger partial charge in [0.05, 0.1) is 11.9 Å². The SMILES string of the molecule is CC1CCC(CNc2cnn(C)c2)CC1. The van der Waals surface area contributed by atoms with Crippen LogP contribution in [0.1, 0.15) is 32.6 Å². The van der Waals surface area contributed by atoms with E-state index in [1.165, 1.54) is 25.7 Å². The summed E-state index contributed by atoms with van der Waals surface area (Å²) in [6, 6.07) is 0. The second kappa shape index (κ2) is 4.69. The van der Waals surface area contributed by atoms with Gasteiger partial charge in [0.15, 0.2) is 0 Å². The van der Waals surface area contributed by atoms with Gasteiger partial charge in [0.2, 0.25) is 0 Å². The third-order valence-electron chi connectivity index (χ3n) is 3.44. The minimum Gasteiger partial charge on any atom is -0.382 e. The van der Waals surface area contributed by atoms with Crippen LogP contribution in [-0.4, -0.2) is 16.3 Å². The maximum atomic E-state index is 4.15. The summed E-state index contributed by atoms with van der Waals surface area (Å²) in [5.74, 6) is 1.81. The monoisotopic (exact) mass is 207 g/mol. The normalized spacial score (nSPS) is 26.5. The van der Waals surface area contributed by atoms with Crippen molar-refractivity contribution in [2.45, 2.75) is 32.6 Å². The molecule has 1 aliphatic carbocycles. The Morgan fingerprint density at radius 1 is 1.40 bits per heavy atom. The zero-order chi connectivity index (χ0) is 10.7. The van der Waals surface area contributed by atoms with Crippen molar-refractivity contribution in [2.75, 3.05) is 11.9 Å². The lowest BCUT2D eigenvalue weighted by Crippen LogP contribution is -2.19. The molecule has 84 valence electrons. The van der Waals surface area contributed by atoms with Crippen molar-refractivity contribution >= 4 is 5.69 Å². The minimum absolute atomic E-state index is 0.862. The van der Waals surface area contributed by atoms with Gasteiger partial charge in [0, 0.05) is 19.8 Å². The Kier molecular flexibility index (Phi) is 3.29. The highest BCUT2D eigenvalue weighted by molar-refractivity contribution is 5.37. The molecule has 3 nitrogen and oxygen atoms in total. The number of aromatic nitrogens is 2. The van der Waals surface area contributed by atoms with Gasteiger partial charge in [0.25, 0.3) is 0 Å². The molecule has 0 atom stereocenters. The van der Waals surface area contributed by atoms with Crippen LogP contribution in [0.2, 0.25) is 0 Å². The van der Waals surface area contributed by atoms with Crippen LogP contribution in [0.15, 0.2) is 12.4 Å². The fourth-order valence-electron chi connectivity index (χ4n) is 2.31. The van der Waals surface area contributed by atoms with Crippen molar-refractivity contribution in [1.29, 1.82) is 0 Å². The van der Waals surface area contributed by atoms with E-state index in [2.05, 4.69) is 17.3 Å². The number of rotatable bonds is 3. The molecule has 1 N–H and O–H groups in total. The summed E-state index contributed by atoms with van der Waals surface area (Å²) in [6.45, 7) is 3.48. The third kappa shape index (κ3) is 2.98. The van der Waals surface area contributed by atoms with Crippen LogP contribution in [0.5, 0.6) is 0 Å². The Labute approximate surface area is 91.9 Å². The maximum absolute atomic E-state index is 4.15. The maximum Gasteiger partial charge on any atom is 0.0726 e. The van der Waals surface area contributed by atoms with E-state index >= 15 is 0 Å². The van der Waals surface area contributed by atoms with Gasteiger partial charge in [-0.25, -0.2) is 0 Å². The molecule has 1 aromatic heterocycles. The van der Waals surface area contributed by atoms with Crippen molar-refractivity contribution in [3.05, 3.63) is 12.4 Å². The number of hydrogen-bond acceptors (Lipinski definition) is 2. The van der Waals surface area contributed by atoms with Crippen LogP contribution < -0.4 is 5.32 Å². The molecule has 1 aromatic rings. The predicted octanol–water partition coefficient (Wildman–Crippen LogP) is 2.66. The van der Waals surface area contributed by atoms with E-state index in [9.17, 15) is 0 Å². The molecule has 0 unspecified atom stereocenters. The van der Waals surface area contributed by atoms with Gasteiger partial charge >= 0.3 is 0 Å². The van der Waals surface area contributed by atoms with Crippen molar-refractivity contribution in [3.63, 3.8) is 0 Å². The van der Waals surface area contributed by atoms with Gasteiger partial charge < -0.3 is 5.32 Å². The van der Waals surface area contributed by atoms with Crippen LogP contribution in [0.3, 0.4) is 0 Å². The summed E-state index contributed by atoms with van der Waals surface area (Å²) in [5.41, 5.74) is 1.15. The topological polar surface area (TPSA) is 29.9 Å². The van der Waals surface area contributed by atoms with Crippen LogP contribution in [0, 0.1) is 11.8 Å². The van der Waals surface area contributed by atoms with Crippen molar-refractivity contribution in [2.24, 2.45) is 18.9 Å². The summed E-state index contributed by atoms with van der Waals surface area (Å²) in [4.78, 5) is 0. The summed E-state index contributed by atoms with van der Waals surface area (Å²) in [6.07, 6.45) is 9.50. The molecule has 0 saturated heterocycles. The van der Waals surface area contributed by atoms with Gasteiger partial charge in [0.1, 0.15) is 0 Å². The highest BCUT2D eigenvalue weighted by atomic mass is 15.3. The summed E-state index contributed by atoms with van der Waals surface area (Å²) in [7, 11) is 1.95. The first kappa shape index (κ1) is 10.5. The fraction of sp³-hybridized carbons (Fsp3) is 0.750. The Morgan fingerprint density at radius 2 is 2.13 bits per heavy atom. The highest BCUT2D eigenvalue weighted by Crippen LogP contribution is 2.28. The molecule has 1 heterocycles. The van der Waals surface area contributed by atoms with Crippen LogP contribution in [0.25, 0.3) is 0 Å². The first-order valence-corrected chi connectivity index (χ1v) is 5.96. The second-order valence-corrected chi connectivity index (χ2v) is 4.91. The standard InChI is InChI=1S/C12H21N3/c1-10-3-5-11(6-4-10)7-13-12-8-14-15(2)9-12/h8-11,13H,3-7H2,1-2H3. The smallest absolute Gasteiger partial charge is 0.0726 e. The lowest BCUT2D eigenvalue weighted by molar-refractivity contribution is 0.300. The van der Waals surface area contributed by atoms with E-state index in [4.69, 9.17) is 0 Å². The Hall–Kier alpha value is -0.990. The summed E-state index contributed by atoms with van der Waals surface area (Å²) in [5, 5.41) is 7.61. The predicted molar refractivity (Wildman–Crippen MR) is 62.8 cm³/mol. The van der Waals surface area contributed by atoms with Crippen LogP contribution in [-0.2, 0) is 7.05 Å². The third-order valence-corrected chi connectivity index (χ3v) is 3.44. The molecule has 0 amide bonds. The second-order valence-electron chi connectivity index (χ2n) is 4.91. The Bertz CT molecular complexity index is 298. The average molecular weight is 207 g/mol. The number of nitrogens with one attached hydrogen (secondary N) is 1. The number of nitrogens with zero attached hydrogens (tertiary/aromatic N) is 2. The molecule has 0 spiro atoms. The Morgan fingerprint density at radius 3 is 2.73 bits per heavy atom. The molecule has 3 heteroatoms. The number of hydrogen-bond donors (Lipinski definition) is 1. The summed E-state index contributed by atoms with van der Waals surface area (Å²) >= 11 is 0. The molecular weight excluding hydrogens is 186 g/mol. The highest BCUT2D eigenvalue weighted by Gasteiger charge is 2.17. The van der Waals surface area contributed by atoms with Crippen molar-refractivity contribution in [1.82, 2.24) is 9.78 Å². The average Bonchev–Trinajstić information content (AvgIpc) is 2.64. The molecule has 0 bridgehead atoms. The molecular formula is C12H21N3. The van der Waals surface area contributed by atoms with E-state index in [-0.39, 0.29) is 0 Å². The van der Waals surface area contributed by atoms with E-state index < -0.39 is 0 Å². The van der Waals surface area contributed by atoms with E-state index in [0.717, 1.165) is 24.1 Å². The zero-order valence-corrected chi connectivity index (χ0v) is 9.74. The number of anilines is 1. The summed E-state index contributed by atoms with van der Waals surface area (Å²) < 4.78 is 1.84. The zero-order valence-electron chi connectivity index (χ0n) is 9.74. The molecule has 15 heavy (non-hydrogen) atoms. The van der Waals surface area contributed by atoms with Crippen LogP contribution >= 0.6 is 0 Å².